The van der Waals surface area contributed by atoms with E-state index >= 15 is 0 Å². The number of amides is 2. The summed E-state index contributed by atoms with van der Waals surface area (Å²) in [5.41, 5.74) is 1.53. The molecule has 1 aromatic rings. The lowest BCUT2D eigenvalue weighted by Crippen LogP contribution is -2.49. The van der Waals surface area contributed by atoms with Gasteiger partial charge in [-0.15, -0.1) is 0 Å². The molecule has 6 nitrogen and oxygen atoms in total. The van der Waals surface area contributed by atoms with Gasteiger partial charge in [-0.05, 0) is 31.5 Å². The van der Waals surface area contributed by atoms with Gasteiger partial charge >= 0.3 is 12.0 Å². The summed E-state index contributed by atoms with van der Waals surface area (Å²) < 4.78 is 0.829. The number of halogens is 1. The Morgan fingerprint density at radius 1 is 1.37 bits per heavy atom. The maximum absolute atomic E-state index is 11.6. The van der Waals surface area contributed by atoms with Gasteiger partial charge in [-0.25, -0.2) is 9.59 Å². The lowest BCUT2D eigenvalue weighted by molar-refractivity contribution is -0.141. The van der Waals surface area contributed by atoms with Gasteiger partial charge in [-0.3, -0.25) is 0 Å². The number of hydrogen-bond donors (Lipinski definition) is 4. The molecular formula is C12H15BrN2O4. The Labute approximate surface area is 118 Å². The quantitative estimate of drug-likeness (QED) is 0.675. The average Bonchev–Trinajstić information content (AvgIpc) is 2.30. The molecule has 1 rings (SSSR count). The molecule has 2 amide bonds. The molecule has 0 spiro atoms. The molecule has 19 heavy (non-hydrogen) atoms. The van der Waals surface area contributed by atoms with Gasteiger partial charge < -0.3 is 20.8 Å². The van der Waals surface area contributed by atoms with E-state index in [0.717, 1.165) is 10.0 Å². The van der Waals surface area contributed by atoms with E-state index in [0.29, 0.717) is 5.69 Å². The predicted octanol–water partition coefficient (Wildman–Crippen LogP) is 1.71. The molecular weight excluding hydrogens is 316 g/mol. The number of aryl methyl sites for hydroxylation is 1. The summed E-state index contributed by atoms with van der Waals surface area (Å²) in [6.45, 7) is 3.20. The van der Waals surface area contributed by atoms with Crippen LogP contribution in [0.4, 0.5) is 10.5 Å². The van der Waals surface area contributed by atoms with Gasteiger partial charge in [0.1, 0.15) is 0 Å². The molecule has 0 aliphatic rings. The molecule has 2 unspecified atom stereocenters. The van der Waals surface area contributed by atoms with E-state index in [4.69, 9.17) is 5.11 Å². The van der Waals surface area contributed by atoms with E-state index in [9.17, 15) is 14.7 Å². The van der Waals surface area contributed by atoms with Crippen LogP contribution in [0.1, 0.15) is 12.5 Å². The van der Waals surface area contributed by atoms with Crippen molar-refractivity contribution in [3.63, 3.8) is 0 Å². The van der Waals surface area contributed by atoms with Gasteiger partial charge in [-0.2, -0.15) is 0 Å². The van der Waals surface area contributed by atoms with Crippen molar-refractivity contribution in [1.29, 1.82) is 0 Å². The van der Waals surface area contributed by atoms with E-state index in [1.807, 2.05) is 13.0 Å². The summed E-state index contributed by atoms with van der Waals surface area (Å²) in [5, 5.41) is 22.8. The smallest absolute Gasteiger partial charge is 0.328 e. The van der Waals surface area contributed by atoms with Crippen LogP contribution in [0.3, 0.4) is 0 Å². The molecule has 104 valence electrons. The summed E-state index contributed by atoms with van der Waals surface area (Å²) in [7, 11) is 0. The molecule has 0 saturated carbocycles. The minimum atomic E-state index is -1.35. The van der Waals surface area contributed by atoms with Crippen LogP contribution in [0.15, 0.2) is 22.7 Å². The molecule has 7 heteroatoms. The number of carbonyl (C=O) groups is 2. The zero-order valence-corrected chi connectivity index (χ0v) is 12.1. The Balaban J connectivity index is 2.69. The number of anilines is 1. The topological polar surface area (TPSA) is 98.7 Å². The van der Waals surface area contributed by atoms with Crippen LogP contribution in [-0.4, -0.2) is 34.4 Å². The van der Waals surface area contributed by atoms with Gasteiger partial charge in [0, 0.05) is 10.2 Å². The Morgan fingerprint density at radius 2 is 2.00 bits per heavy atom. The van der Waals surface area contributed by atoms with Gasteiger partial charge in [-0.1, -0.05) is 22.0 Å². The number of carbonyl (C=O) groups excluding carboxylic acids is 1. The highest BCUT2D eigenvalue weighted by Gasteiger charge is 2.24. The first-order valence-corrected chi connectivity index (χ1v) is 6.35. The fourth-order valence-electron chi connectivity index (χ4n) is 1.37. The SMILES string of the molecule is Cc1ccc(NC(=O)NC(C(=O)O)C(C)O)cc1Br. The molecule has 2 atom stereocenters. The molecule has 1 aromatic carbocycles. The second kappa shape index (κ2) is 6.53. The third kappa shape index (κ3) is 4.53. The van der Waals surface area contributed by atoms with Crippen LogP contribution in [0.5, 0.6) is 0 Å². The number of benzene rings is 1. The zero-order chi connectivity index (χ0) is 14.6. The molecule has 0 fully saturated rings. The van der Waals surface area contributed by atoms with Crippen molar-refractivity contribution in [2.45, 2.75) is 26.0 Å². The van der Waals surface area contributed by atoms with Gasteiger partial charge in [0.25, 0.3) is 0 Å². The lowest BCUT2D eigenvalue weighted by Gasteiger charge is -2.17. The largest absolute Gasteiger partial charge is 0.480 e. The number of aliphatic hydroxyl groups excluding tert-OH is 1. The van der Waals surface area contributed by atoms with Crippen molar-refractivity contribution in [1.82, 2.24) is 5.32 Å². The molecule has 0 bridgehead atoms. The number of aliphatic hydroxyl groups is 1. The second-order valence-electron chi connectivity index (χ2n) is 4.12. The molecule has 0 radical (unpaired) electrons. The predicted molar refractivity (Wildman–Crippen MR) is 74.1 cm³/mol. The first-order valence-electron chi connectivity index (χ1n) is 5.56. The van der Waals surface area contributed by atoms with E-state index in [-0.39, 0.29) is 0 Å². The van der Waals surface area contributed by atoms with Gasteiger partial charge in [0.05, 0.1) is 6.10 Å². The van der Waals surface area contributed by atoms with Crippen molar-refractivity contribution >= 4 is 33.6 Å². The lowest BCUT2D eigenvalue weighted by atomic mass is 10.2. The summed E-state index contributed by atoms with van der Waals surface area (Å²) in [6, 6.07) is 3.16. The summed E-state index contributed by atoms with van der Waals surface area (Å²) in [5.74, 6) is -1.30. The van der Waals surface area contributed by atoms with E-state index in [2.05, 4.69) is 26.6 Å². The zero-order valence-electron chi connectivity index (χ0n) is 10.5. The van der Waals surface area contributed by atoms with Crippen molar-refractivity contribution < 1.29 is 19.8 Å². The van der Waals surface area contributed by atoms with Crippen molar-refractivity contribution in [2.24, 2.45) is 0 Å². The van der Waals surface area contributed by atoms with Crippen molar-refractivity contribution in [3.05, 3.63) is 28.2 Å². The van der Waals surface area contributed by atoms with Crippen molar-refractivity contribution in [2.75, 3.05) is 5.32 Å². The monoisotopic (exact) mass is 330 g/mol. The molecule has 0 saturated heterocycles. The van der Waals surface area contributed by atoms with E-state index in [1.54, 1.807) is 12.1 Å². The fraction of sp³-hybridized carbons (Fsp3) is 0.333. The number of carboxylic acid groups (broad SMARTS) is 1. The highest BCUT2D eigenvalue weighted by Crippen LogP contribution is 2.20. The molecule has 0 aliphatic heterocycles. The second-order valence-corrected chi connectivity index (χ2v) is 4.97. The normalized spacial score (nSPS) is 13.5. The minimum Gasteiger partial charge on any atom is -0.480 e. The standard InChI is InChI=1S/C12H15BrN2O4/c1-6-3-4-8(5-9(6)13)14-12(19)15-10(7(2)16)11(17)18/h3-5,7,10,16H,1-2H3,(H,17,18)(H2,14,15,19). The van der Waals surface area contributed by atoms with Crippen LogP contribution in [0.25, 0.3) is 0 Å². The average molecular weight is 331 g/mol. The van der Waals surface area contributed by atoms with Gasteiger partial charge in [0.2, 0.25) is 0 Å². The number of urea groups is 1. The van der Waals surface area contributed by atoms with Crippen LogP contribution in [-0.2, 0) is 4.79 Å². The van der Waals surface area contributed by atoms with E-state index in [1.165, 1.54) is 6.92 Å². The molecule has 0 aliphatic carbocycles. The van der Waals surface area contributed by atoms with Crippen LogP contribution in [0, 0.1) is 6.92 Å². The number of hydrogen-bond acceptors (Lipinski definition) is 3. The van der Waals surface area contributed by atoms with Crippen LogP contribution < -0.4 is 10.6 Å². The third-order valence-corrected chi connectivity index (χ3v) is 3.32. The number of nitrogens with one attached hydrogen (secondary N) is 2. The number of carboxylic acids is 1. The Bertz CT molecular complexity index is 491. The molecule has 0 heterocycles. The molecule has 0 aromatic heterocycles. The van der Waals surface area contributed by atoms with Crippen molar-refractivity contribution in [3.8, 4) is 0 Å². The maximum atomic E-state index is 11.6. The highest BCUT2D eigenvalue weighted by atomic mass is 79.9. The highest BCUT2D eigenvalue weighted by molar-refractivity contribution is 9.10. The Morgan fingerprint density at radius 3 is 2.47 bits per heavy atom. The third-order valence-electron chi connectivity index (χ3n) is 2.46. The maximum Gasteiger partial charge on any atom is 0.328 e. The Hall–Kier alpha value is -1.60. The van der Waals surface area contributed by atoms with Crippen LogP contribution >= 0.6 is 15.9 Å². The fourth-order valence-corrected chi connectivity index (χ4v) is 1.75. The summed E-state index contributed by atoms with van der Waals surface area (Å²) >= 11 is 3.33. The number of rotatable bonds is 4. The number of aliphatic carboxylic acids is 1. The first-order chi connectivity index (χ1) is 8.81. The summed E-state index contributed by atoms with van der Waals surface area (Å²) in [4.78, 5) is 22.4. The van der Waals surface area contributed by atoms with Crippen LogP contribution in [0.2, 0.25) is 0 Å². The first kappa shape index (κ1) is 15.5. The summed E-state index contributed by atoms with van der Waals surface area (Å²) in [6.07, 6.45) is -1.19. The minimum absolute atomic E-state index is 0.518. The Kier molecular flexibility index (Phi) is 5.31. The van der Waals surface area contributed by atoms with Gasteiger partial charge in [0.15, 0.2) is 6.04 Å². The van der Waals surface area contributed by atoms with E-state index < -0.39 is 24.1 Å². The molecule has 4 N–H and O–H groups in total.